The highest BCUT2D eigenvalue weighted by atomic mass is 16.5. The number of methoxy groups -OCH3 is 1. The van der Waals surface area contributed by atoms with Crippen molar-refractivity contribution in [3.63, 3.8) is 0 Å². The zero-order valence-corrected chi connectivity index (χ0v) is 16.8. The molecular formula is C20H34N2O5. The molecule has 7 heteroatoms. The van der Waals surface area contributed by atoms with Crippen LogP contribution in [0.3, 0.4) is 0 Å². The lowest BCUT2D eigenvalue weighted by molar-refractivity contribution is 0.00445. The van der Waals surface area contributed by atoms with Gasteiger partial charge in [-0.25, -0.2) is 0 Å². The number of benzene rings is 1. The summed E-state index contributed by atoms with van der Waals surface area (Å²) in [6.45, 7) is 10.3. The fourth-order valence-electron chi connectivity index (χ4n) is 2.86. The van der Waals surface area contributed by atoms with E-state index in [-0.39, 0.29) is 12.7 Å². The van der Waals surface area contributed by atoms with E-state index >= 15 is 0 Å². The third-order valence-electron chi connectivity index (χ3n) is 4.29. The van der Waals surface area contributed by atoms with Gasteiger partial charge in [0.25, 0.3) is 0 Å². The summed E-state index contributed by atoms with van der Waals surface area (Å²) < 4.78 is 22.1. The van der Waals surface area contributed by atoms with Gasteiger partial charge >= 0.3 is 0 Å². The molecule has 2 N–H and O–H groups in total. The van der Waals surface area contributed by atoms with Gasteiger partial charge in [-0.2, -0.15) is 0 Å². The summed E-state index contributed by atoms with van der Waals surface area (Å²) in [6.07, 6.45) is -0.294. The maximum atomic E-state index is 10.2. The number of hydrogen-bond acceptors (Lipinski definition) is 7. The minimum Gasteiger partial charge on any atom is -0.493 e. The van der Waals surface area contributed by atoms with Crippen molar-refractivity contribution >= 4 is 0 Å². The highest BCUT2D eigenvalue weighted by molar-refractivity contribution is 5.43. The Morgan fingerprint density at radius 2 is 2.00 bits per heavy atom. The number of aliphatic hydroxyl groups is 1. The van der Waals surface area contributed by atoms with Crippen LogP contribution in [0.25, 0.3) is 0 Å². The molecule has 0 spiro atoms. The minimum absolute atomic E-state index is 0.234. The van der Waals surface area contributed by atoms with E-state index in [4.69, 9.17) is 18.9 Å². The predicted molar refractivity (Wildman–Crippen MR) is 105 cm³/mol. The standard InChI is InChI=1S/C20H34N2O5/c1-16(2)26-9-6-21-13-17-4-5-19(20(12-17)24-3)27-15-18(23)14-22-7-10-25-11-8-22/h4-5,12,16,18,21,23H,6-11,13-15H2,1-3H3. The van der Waals surface area contributed by atoms with Gasteiger partial charge in [-0.3, -0.25) is 4.90 Å². The van der Waals surface area contributed by atoms with Crippen LogP contribution in [0.15, 0.2) is 18.2 Å². The summed E-state index contributed by atoms with van der Waals surface area (Å²) in [7, 11) is 1.63. The lowest BCUT2D eigenvalue weighted by atomic mass is 10.2. The number of nitrogens with one attached hydrogen (secondary N) is 1. The molecule has 2 rings (SSSR count). The average molecular weight is 383 g/mol. The van der Waals surface area contributed by atoms with Crippen LogP contribution in [0, 0.1) is 0 Å². The van der Waals surface area contributed by atoms with Gasteiger partial charge in [0.15, 0.2) is 11.5 Å². The van der Waals surface area contributed by atoms with E-state index in [0.29, 0.717) is 24.7 Å². The third-order valence-corrected chi connectivity index (χ3v) is 4.29. The fourth-order valence-corrected chi connectivity index (χ4v) is 2.86. The Morgan fingerprint density at radius 3 is 2.70 bits per heavy atom. The van der Waals surface area contributed by atoms with Crippen molar-refractivity contribution in [2.24, 2.45) is 0 Å². The van der Waals surface area contributed by atoms with Crippen LogP contribution < -0.4 is 14.8 Å². The second-order valence-corrected chi connectivity index (χ2v) is 6.96. The van der Waals surface area contributed by atoms with Crippen LogP contribution in [0.4, 0.5) is 0 Å². The topological polar surface area (TPSA) is 72.4 Å². The monoisotopic (exact) mass is 382 g/mol. The maximum absolute atomic E-state index is 10.2. The normalized spacial score (nSPS) is 16.5. The van der Waals surface area contributed by atoms with E-state index < -0.39 is 6.10 Å². The van der Waals surface area contributed by atoms with Crippen LogP contribution in [0.2, 0.25) is 0 Å². The zero-order valence-electron chi connectivity index (χ0n) is 16.8. The molecule has 7 nitrogen and oxygen atoms in total. The molecule has 1 aliphatic heterocycles. The first-order valence-electron chi connectivity index (χ1n) is 9.68. The number of hydrogen-bond donors (Lipinski definition) is 2. The van der Waals surface area contributed by atoms with Gasteiger partial charge in [0.2, 0.25) is 0 Å². The van der Waals surface area contributed by atoms with E-state index in [9.17, 15) is 5.11 Å². The zero-order chi connectivity index (χ0) is 19.5. The molecule has 0 bridgehead atoms. The van der Waals surface area contributed by atoms with Crippen molar-refractivity contribution in [3.8, 4) is 11.5 Å². The molecule has 1 aliphatic rings. The molecule has 154 valence electrons. The lowest BCUT2D eigenvalue weighted by Crippen LogP contribution is -2.42. The largest absolute Gasteiger partial charge is 0.493 e. The number of aliphatic hydroxyl groups excluding tert-OH is 1. The molecule has 0 amide bonds. The average Bonchev–Trinajstić information content (AvgIpc) is 2.67. The Balaban J connectivity index is 1.75. The minimum atomic E-state index is -0.546. The Morgan fingerprint density at radius 1 is 1.22 bits per heavy atom. The Bertz CT molecular complexity index is 535. The lowest BCUT2D eigenvalue weighted by Gasteiger charge is -2.28. The van der Waals surface area contributed by atoms with Crippen LogP contribution in [0.5, 0.6) is 11.5 Å². The van der Waals surface area contributed by atoms with E-state index in [1.54, 1.807) is 7.11 Å². The van der Waals surface area contributed by atoms with Crippen molar-refractivity contribution in [1.82, 2.24) is 10.2 Å². The summed E-state index contributed by atoms with van der Waals surface area (Å²) in [5, 5.41) is 13.6. The molecule has 1 saturated heterocycles. The highest BCUT2D eigenvalue weighted by Gasteiger charge is 2.16. The molecule has 0 saturated carbocycles. The Hall–Kier alpha value is -1.38. The predicted octanol–water partition coefficient (Wildman–Crippen LogP) is 1.28. The van der Waals surface area contributed by atoms with Crippen LogP contribution >= 0.6 is 0 Å². The molecule has 1 heterocycles. The number of nitrogens with zero attached hydrogens (tertiary/aromatic N) is 1. The van der Waals surface area contributed by atoms with Gasteiger partial charge in [-0.15, -0.1) is 0 Å². The number of β-amino-alcohol motifs (C(OH)–C–C–N with tert-alkyl or cyclic N) is 1. The number of morpholine rings is 1. The van der Waals surface area contributed by atoms with Crippen molar-refractivity contribution in [1.29, 1.82) is 0 Å². The van der Waals surface area contributed by atoms with E-state index in [1.807, 2.05) is 32.0 Å². The van der Waals surface area contributed by atoms with Crippen molar-refractivity contribution in [2.45, 2.75) is 32.6 Å². The number of ether oxygens (including phenoxy) is 4. The highest BCUT2D eigenvalue weighted by Crippen LogP contribution is 2.28. The second kappa shape index (κ2) is 12.2. The third kappa shape index (κ3) is 8.45. The Kier molecular flexibility index (Phi) is 9.86. The SMILES string of the molecule is COc1cc(CNCCOC(C)C)ccc1OCC(O)CN1CCOCC1. The molecule has 0 radical (unpaired) electrons. The molecule has 1 aromatic carbocycles. The second-order valence-electron chi connectivity index (χ2n) is 6.96. The first-order valence-corrected chi connectivity index (χ1v) is 9.68. The molecule has 1 unspecified atom stereocenters. The van der Waals surface area contributed by atoms with E-state index in [2.05, 4.69) is 10.2 Å². The molecule has 0 aliphatic carbocycles. The van der Waals surface area contributed by atoms with E-state index in [1.165, 1.54) is 0 Å². The first-order chi connectivity index (χ1) is 13.1. The van der Waals surface area contributed by atoms with Crippen LogP contribution in [-0.4, -0.2) is 81.9 Å². The fraction of sp³-hybridized carbons (Fsp3) is 0.700. The number of rotatable bonds is 12. The van der Waals surface area contributed by atoms with Gasteiger partial charge in [0, 0.05) is 32.7 Å². The van der Waals surface area contributed by atoms with Crippen LogP contribution in [-0.2, 0) is 16.0 Å². The Labute approximate surface area is 162 Å². The molecule has 1 fully saturated rings. The van der Waals surface area contributed by atoms with Crippen molar-refractivity contribution < 1.29 is 24.1 Å². The van der Waals surface area contributed by atoms with E-state index in [0.717, 1.165) is 45.0 Å². The molecule has 0 aromatic heterocycles. The van der Waals surface area contributed by atoms with Gasteiger partial charge in [-0.05, 0) is 31.5 Å². The molecular weight excluding hydrogens is 348 g/mol. The summed E-state index contributed by atoms with van der Waals surface area (Å²) in [5.41, 5.74) is 1.11. The summed E-state index contributed by atoms with van der Waals surface area (Å²) in [6, 6.07) is 5.85. The van der Waals surface area contributed by atoms with Gasteiger partial charge < -0.3 is 29.4 Å². The summed E-state index contributed by atoms with van der Waals surface area (Å²) in [5.74, 6) is 1.32. The van der Waals surface area contributed by atoms with Gasteiger partial charge in [0.05, 0.1) is 33.0 Å². The summed E-state index contributed by atoms with van der Waals surface area (Å²) >= 11 is 0. The van der Waals surface area contributed by atoms with Crippen molar-refractivity contribution in [2.75, 3.05) is 59.7 Å². The maximum Gasteiger partial charge on any atom is 0.161 e. The van der Waals surface area contributed by atoms with Gasteiger partial charge in [-0.1, -0.05) is 6.07 Å². The smallest absolute Gasteiger partial charge is 0.161 e. The summed E-state index contributed by atoms with van der Waals surface area (Å²) in [4.78, 5) is 2.19. The molecule has 27 heavy (non-hydrogen) atoms. The quantitative estimate of drug-likeness (QED) is 0.528. The first kappa shape index (κ1) is 21.9. The molecule has 1 atom stereocenters. The van der Waals surface area contributed by atoms with Crippen molar-refractivity contribution in [3.05, 3.63) is 23.8 Å². The van der Waals surface area contributed by atoms with Crippen LogP contribution in [0.1, 0.15) is 19.4 Å². The van der Waals surface area contributed by atoms with Gasteiger partial charge in [0.1, 0.15) is 12.7 Å². The molecule has 1 aromatic rings.